The lowest BCUT2D eigenvalue weighted by atomic mass is 10.1. The third-order valence-electron chi connectivity index (χ3n) is 3.01. The molecule has 1 aromatic carbocycles. The molecule has 0 aliphatic carbocycles. The number of halogens is 2. The zero-order valence-electron chi connectivity index (χ0n) is 13.6. The lowest BCUT2D eigenvalue weighted by Crippen LogP contribution is -2.31. The SMILES string of the molecule is CCOC(=O)c1c(-c2ccc(Br)cc2F)nnn1C[Si](C)(C)C. The predicted molar refractivity (Wildman–Crippen MR) is 92.4 cm³/mol. The van der Waals surface area contributed by atoms with E-state index >= 15 is 0 Å². The Morgan fingerprint density at radius 1 is 1.39 bits per heavy atom. The predicted octanol–water partition coefficient (Wildman–Crippen LogP) is 3.90. The quantitative estimate of drug-likeness (QED) is 0.564. The standard InChI is InChI=1S/C15H19BrFN3O2Si/c1-5-22-15(21)14-13(11-7-6-10(16)8-12(11)17)18-19-20(14)9-23(2,3)4/h6-8H,5,9H2,1-4H3. The highest BCUT2D eigenvalue weighted by Crippen LogP contribution is 2.27. The van der Waals surface area contributed by atoms with Gasteiger partial charge in [-0.15, -0.1) is 5.10 Å². The third kappa shape index (κ3) is 4.26. The zero-order chi connectivity index (χ0) is 17.2. The van der Waals surface area contributed by atoms with E-state index in [4.69, 9.17) is 4.74 Å². The van der Waals surface area contributed by atoms with Crippen LogP contribution in [-0.2, 0) is 10.9 Å². The van der Waals surface area contributed by atoms with Crippen molar-refractivity contribution in [3.05, 3.63) is 34.2 Å². The largest absolute Gasteiger partial charge is 0.461 e. The highest BCUT2D eigenvalue weighted by Gasteiger charge is 2.27. The average Bonchev–Trinajstić information content (AvgIpc) is 2.80. The van der Waals surface area contributed by atoms with Gasteiger partial charge < -0.3 is 4.74 Å². The van der Waals surface area contributed by atoms with Crippen molar-refractivity contribution in [3.63, 3.8) is 0 Å². The third-order valence-corrected chi connectivity index (χ3v) is 4.76. The summed E-state index contributed by atoms with van der Waals surface area (Å²) >= 11 is 3.22. The van der Waals surface area contributed by atoms with Crippen LogP contribution in [0, 0.1) is 5.82 Å². The number of esters is 1. The molecule has 2 rings (SSSR count). The van der Waals surface area contributed by atoms with Gasteiger partial charge in [-0.25, -0.2) is 13.9 Å². The Labute approximate surface area is 144 Å². The smallest absolute Gasteiger partial charge is 0.358 e. The molecule has 0 saturated carbocycles. The molecule has 0 aliphatic heterocycles. The molecular weight excluding hydrogens is 381 g/mol. The number of hydrogen-bond donors (Lipinski definition) is 0. The zero-order valence-corrected chi connectivity index (χ0v) is 16.1. The number of carbonyl (C=O) groups is 1. The van der Waals surface area contributed by atoms with Crippen LogP contribution < -0.4 is 0 Å². The van der Waals surface area contributed by atoms with Crippen molar-refractivity contribution < 1.29 is 13.9 Å². The Morgan fingerprint density at radius 3 is 2.65 bits per heavy atom. The molecule has 8 heteroatoms. The number of carbonyl (C=O) groups excluding carboxylic acids is 1. The lowest BCUT2D eigenvalue weighted by molar-refractivity contribution is 0.0514. The van der Waals surface area contributed by atoms with Crippen LogP contribution in [0.1, 0.15) is 17.4 Å². The Hall–Kier alpha value is -1.54. The first-order valence-corrected chi connectivity index (χ1v) is 11.8. The molecule has 0 fully saturated rings. The van der Waals surface area contributed by atoms with Gasteiger partial charge in [0, 0.05) is 16.2 Å². The van der Waals surface area contributed by atoms with E-state index in [0.717, 1.165) is 0 Å². The molecule has 0 amide bonds. The van der Waals surface area contributed by atoms with Gasteiger partial charge in [-0.1, -0.05) is 40.8 Å². The number of ether oxygens (including phenoxy) is 1. The minimum absolute atomic E-state index is 0.204. The maximum Gasteiger partial charge on any atom is 0.358 e. The molecule has 1 heterocycles. The molecule has 0 aliphatic rings. The molecule has 23 heavy (non-hydrogen) atoms. The van der Waals surface area contributed by atoms with Crippen molar-refractivity contribution in [3.8, 4) is 11.3 Å². The minimum atomic E-state index is -1.56. The molecule has 124 valence electrons. The first-order chi connectivity index (χ1) is 10.7. The fraction of sp³-hybridized carbons (Fsp3) is 0.400. The molecule has 0 atom stereocenters. The molecule has 1 aromatic heterocycles. The Balaban J connectivity index is 2.57. The van der Waals surface area contributed by atoms with Crippen LogP contribution in [0.3, 0.4) is 0 Å². The van der Waals surface area contributed by atoms with Gasteiger partial charge in [-0.2, -0.15) is 0 Å². The van der Waals surface area contributed by atoms with Gasteiger partial charge in [0.25, 0.3) is 0 Å². The van der Waals surface area contributed by atoms with Gasteiger partial charge in [0.05, 0.1) is 14.7 Å². The Bertz CT molecular complexity index is 728. The van der Waals surface area contributed by atoms with Crippen LogP contribution in [0.5, 0.6) is 0 Å². The van der Waals surface area contributed by atoms with Crippen molar-refractivity contribution in [1.29, 1.82) is 0 Å². The number of aromatic nitrogens is 3. The first-order valence-electron chi connectivity index (χ1n) is 7.29. The van der Waals surface area contributed by atoms with E-state index in [9.17, 15) is 9.18 Å². The van der Waals surface area contributed by atoms with Crippen LogP contribution in [0.25, 0.3) is 11.3 Å². The monoisotopic (exact) mass is 399 g/mol. The van der Waals surface area contributed by atoms with Gasteiger partial charge in [-0.05, 0) is 25.1 Å². The highest BCUT2D eigenvalue weighted by atomic mass is 79.9. The van der Waals surface area contributed by atoms with Crippen molar-refractivity contribution in [2.24, 2.45) is 0 Å². The van der Waals surface area contributed by atoms with Gasteiger partial charge in [0.15, 0.2) is 5.69 Å². The number of hydrogen-bond acceptors (Lipinski definition) is 4. The topological polar surface area (TPSA) is 57.0 Å². The summed E-state index contributed by atoms with van der Waals surface area (Å²) in [7, 11) is -1.56. The fourth-order valence-electron chi connectivity index (χ4n) is 2.14. The van der Waals surface area contributed by atoms with E-state index in [0.29, 0.717) is 10.6 Å². The molecule has 0 radical (unpaired) electrons. The summed E-state index contributed by atoms with van der Waals surface area (Å²) in [6.07, 6.45) is 0.603. The van der Waals surface area contributed by atoms with Gasteiger partial charge in [0.1, 0.15) is 11.5 Å². The summed E-state index contributed by atoms with van der Waals surface area (Å²) in [5.74, 6) is -1.00. The molecule has 0 saturated heterocycles. The van der Waals surface area contributed by atoms with E-state index in [-0.39, 0.29) is 23.6 Å². The van der Waals surface area contributed by atoms with Crippen molar-refractivity contribution in [1.82, 2.24) is 15.0 Å². The summed E-state index contributed by atoms with van der Waals surface area (Å²) in [6.45, 7) is 8.43. The summed E-state index contributed by atoms with van der Waals surface area (Å²) in [5, 5.41) is 8.11. The van der Waals surface area contributed by atoms with E-state index in [1.807, 2.05) is 0 Å². The maximum absolute atomic E-state index is 14.3. The van der Waals surface area contributed by atoms with Crippen LogP contribution >= 0.6 is 15.9 Å². The molecule has 0 N–H and O–H groups in total. The molecule has 0 unspecified atom stereocenters. The summed E-state index contributed by atoms with van der Waals surface area (Å²) < 4.78 is 21.5. The van der Waals surface area contributed by atoms with Crippen molar-refractivity contribution in [2.75, 3.05) is 6.61 Å². The average molecular weight is 400 g/mol. The van der Waals surface area contributed by atoms with Crippen LogP contribution in [0.15, 0.2) is 22.7 Å². The van der Waals surface area contributed by atoms with E-state index in [2.05, 4.69) is 45.9 Å². The van der Waals surface area contributed by atoms with E-state index in [1.165, 1.54) is 6.07 Å². The number of nitrogens with zero attached hydrogens (tertiary/aromatic N) is 3. The second-order valence-electron chi connectivity index (χ2n) is 6.35. The first kappa shape index (κ1) is 17.8. The van der Waals surface area contributed by atoms with E-state index in [1.54, 1.807) is 23.7 Å². The molecule has 0 spiro atoms. The second-order valence-corrected chi connectivity index (χ2v) is 12.7. The summed E-state index contributed by atoms with van der Waals surface area (Å²) in [6, 6.07) is 4.61. The Kier molecular flexibility index (Phi) is 5.36. The second kappa shape index (κ2) is 6.92. The van der Waals surface area contributed by atoms with E-state index < -0.39 is 19.9 Å². The maximum atomic E-state index is 14.3. The van der Waals surface area contributed by atoms with Gasteiger partial charge in [-0.3, -0.25) is 0 Å². The van der Waals surface area contributed by atoms with Gasteiger partial charge in [0.2, 0.25) is 0 Å². The summed E-state index contributed by atoms with van der Waals surface area (Å²) in [4.78, 5) is 12.3. The van der Waals surface area contributed by atoms with Crippen LogP contribution in [0.4, 0.5) is 4.39 Å². The Morgan fingerprint density at radius 2 is 2.09 bits per heavy atom. The summed E-state index contributed by atoms with van der Waals surface area (Å²) in [5.41, 5.74) is 0.653. The van der Waals surface area contributed by atoms with Crippen LogP contribution in [0.2, 0.25) is 19.6 Å². The molecule has 2 aromatic rings. The molecule has 0 bridgehead atoms. The molecular formula is C15H19BrFN3O2Si. The lowest BCUT2D eigenvalue weighted by Gasteiger charge is -2.16. The van der Waals surface area contributed by atoms with Gasteiger partial charge >= 0.3 is 5.97 Å². The fourth-order valence-corrected chi connectivity index (χ4v) is 3.59. The molecule has 5 nitrogen and oxygen atoms in total. The van der Waals surface area contributed by atoms with Crippen LogP contribution in [-0.4, -0.2) is 35.6 Å². The number of rotatable bonds is 5. The highest BCUT2D eigenvalue weighted by molar-refractivity contribution is 9.10. The van der Waals surface area contributed by atoms with Crippen molar-refractivity contribution in [2.45, 2.75) is 32.7 Å². The van der Waals surface area contributed by atoms with Crippen molar-refractivity contribution >= 4 is 30.0 Å². The number of benzene rings is 1. The minimum Gasteiger partial charge on any atom is -0.461 e. The normalized spacial score (nSPS) is 11.6.